The van der Waals surface area contributed by atoms with Crippen molar-refractivity contribution in [3.63, 3.8) is 0 Å². The lowest BCUT2D eigenvalue weighted by Crippen LogP contribution is -2.03. The minimum Gasteiger partial charge on any atom is -0.496 e. The lowest BCUT2D eigenvalue weighted by molar-refractivity contribution is 0.416. The number of hydrogen-bond acceptors (Lipinski definition) is 5. The van der Waals surface area contributed by atoms with Gasteiger partial charge in [-0.25, -0.2) is 9.50 Å². The van der Waals surface area contributed by atoms with Gasteiger partial charge in [-0.2, -0.15) is 5.10 Å². The van der Waals surface area contributed by atoms with E-state index in [2.05, 4.69) is 25.6 Å². The first-order chi connectivity index (χ1) is 11.3. The zero-order valence-corrected chi connectivity index (χ0v) is 12.4. The molecule has 4 aromatic rings. The fourth-order valence-electron chi connectivity index (χ4n) is 2.47. The van der Waals surface area contributed by atoms with Gasteiger partial charge in [0.25, 0.3) is 0 Å². The third-order valence-corrected chi connectivity index (χ3v) is 3.53. The molecule has 0 atom stereocenters. The number of methoxy groups -OCH3 is 1. The predicted molar refractivity (Wildman–Crippen MR) is 86.8 cm³/mol. The molecule has 2 N–H and O–H groups in total. The molecule has 0 radical (unpaired) electrons. The highest BCUT2D eigenvalue weighted by molar-refractivity contribution is 5.71. The van der Waals surface area contributed by atoms with Crippen LogP contribution in [0.2, 0.25) is 0 Å². The number of anilines is 2. The number of aromatic amines is 1. The molecule has 23 heavy (non-hydrogen) atoms. The van der Waals surface area contributed by atoms with Gasteiger partial charge < -0.3 is 10.1 Å². The van der Waals surface area contributed by atoms with E-state index >= 15 is 0 Å². The summed E-state index contributed by atoms with van der Waals surface area (Å²) in [7, 11) is 1.66. The van der Waals surface area contributed by atoms with Gasteiger partial charge in [0.1, 0.15) is 11.6 Å². The van der Waals surface area contributed by atoms with Crippen molar-refractivity contribution in [2.75, 3.05) is 12.4 Å². The number of rotatable bonds is 4. The Morgan fingerprint density at radius 2 is 2.04 bits per heavy atom. The normalized spacial score (nSPS) is 10.8. The molecule has 0 spiro atoms. The van der Waals surface area contributed by atoms with Crippen LogP contribution in [-0.4, -0.2) is 31.9 Å². The van der Waals surface area contributed by atoms with Crippen molar-refractivity contribution in [1.29, 1.82) is 0 Å². The van der Waals surface area contributed by atoms with Crippen LogP contribution in [0.25, 0.3) is 16.8 Å². The first kappa shape index (κ1) is 13.3. The zero-order chi connectivity index (χ0) is 15.6. The molecule has 3 heterocycles. The summed E-state index contributed by atoms with van der Waals surface area (Å²) in [6.45, 7) is 0. The average Bonchev–Trinajstić information content (AvgIpc) is 3.24. The van der Waals surface area contributed by atoms with Gasteiger partial charge in [-0.15, -0.1) is 5.10 Å². The van der Waals surface area contributed by atoms with E-state index < -0.39 is 0 Å². The van der Waals surface area contributed by atoms with Crippen LogP contribution in [0.1, 0.15) is 0 Å². The van der Waals surface area contributed by atoms with Gasteiger partial charge in [-0.05, 0) is 24.3 Å². The Bertz CT molecular complexity index is 944. The number of aromatic nitrogens is 5. The third kappa shape index (κ3) is 2.38. The summed E-state index contributed by atoms with van der Waals surface area (Å²) in [5.74, 6) is 2.01. The Kier molecular flexibility index (Phi) is 3.16. The van der Waals surface area contributed by atoms with Crippen LogP contribution in [0.3, 0.4) is 0 Å². The second kappa shape index (κ2) is 5.45. The molecule has 0 unspecified atom stereocenters. The van der Waals surface area contributed by atoms with Crippen molar-refractivity contribution in [2.24, 2.45) is 0 Å². The zero-order valence-electron chi connectivity index (χ0n) is 12.4. The molecule has 114 valence electrons. The highest BCUT2D eigenvalue weighted by Crippen LogP contribution is 2.30. The number of fused-ring (bicyclic) bond motifs is 1. The predicted octanol–water partition coefficient (Wildman–Crippen LogP) is 2.87. The smallest absolute Gasteiger partial charge is 0.246 e. The van der Waals surface area contributed by atoms with E-state index in [0.717, 1.165) is 28.3 Å². The van der Waals surface area contributed by atoms with E-state index in [1.54, 1.807) is 19.5 Å². The van der Waals surface area contributed by atoms with E-state index in [0.29, 0.717) is 5.95 Å². The molecule has 0 aliphatic carbocycles. The molecular weight excluding hydrogens is 292 g/mol. The highest BCUT2D eigenvalue weighted by atomic mass is 16.5. The average molecular weight is 306 g/mol. The number of nitrogens with zero attached hydrogens (tertiary/aromatic N) is 4. The van der Waals surface area contributed by atoms with Gasteiger partial charge in [0.2, 0.25) is 5.95 Å². The van der Waals surface area contributed by atoms with Gasteiger partial charge in [0, 0.05) is 11.6 Å². The second-order valence-corrected chi connectivity index (χ2v) is 4.93. The summed E-state index contributed by atoms with van der Waals surface area (Å²) < 4.78 is 7.28. The Hall–Kier alpha value is -3.35. The summed E-state index contributed by atoms with van der Waals surface area (Å²) in [4.78, 5) is 4.31. The molecule has 7 nitrogen and oxygen atoms in total. The number of nitrogens with one attached hydrogen (secondary N) is 2. The Morgan fingerprint density at radius 1 is 1.13 bits per heavy atom. The SMILES string of the molecule is COc1ccccc1-c1ccc2cnc(Nc3ccn[nH]3)nn12. The Labute approximate surface area is 131 Å². The number of hydrogen-bond donors (Lipinski definition) is 2. The summed E-state index contributed by atoms with van der Waals surface area (Å²) in [5.41, 5.74) is 2.81. The largest absolute Gasteiger partial charge is 0.496 e. The molecule has 0 saturated heterocycles. The molecule has 0 bridgehead atoms. The highest BCUT2D eigenvalue weighted by Gasteiger charge is 2.11. The van der Waals surface area contributed by atoms with Crippen molar-refractivity contribution in [3.8, 4) is 17.0 Å². The molecule has 0 saturated carbocycles. The van der Waals surface area contributed by atoms with Crippen molar-refractivity contribution in [2.45, 2.75) is 0 Å². The topological polar surface area (TPSA) is 80.1 Å². The molecule has 0 fully saturated rings. The number of H-pyrrole nitrogens is 1. The number of para-hydroxylation sites is 1. The minimum atomic E-state index is 0.481. The molecule has 4 rings (SSSR count). The maximum Gasteiger partial charge on any atom is 0.246 e. The maximum absolute atomic E-state index is 5.45. The van der Waals surface area contributed by atoms with Crippen molar-refractivity contribution in [3.05, 3.63) is 54.9 Å². The van der Waals surface area contributed by atoms with Crippen molar-refractivity contribution in [1.82, 2.24) is 24.8 Å². The first-order valence-corrected chi connectivity index (χ1v) is 7.10. The monoisotopic (exact) mass is 306 g/mol. The molecule has 3 aromatic heterocycles. The maximum atomic E-state index is 5.45. The standard InChI is InChI=1S/C16H14N6O/c1-23-14-5-3-2-4-12(14)13-7-6-11-10-17-16(21-22(11)13)19-15-8-9-18-20-15/h2-10H,1H3,(H2,18,19,20,21). The fraction of sp³-hybridized carbons (Fsp3) is 0.0625. The minimum absolute atomic E-state index is 0.481. The number of ether oxygens (including phenoxy) is 1. The molecule has 0 amide bonds. The quantitative estimate of drug-likeness (QED) is 0.606. The van der Waals surface area contributed by atoms with Crippen molar-refractivity contribution < 1.29 is 4.74 Å². The summed E-state index contributed by atoms with van der Waals surface area (Å²) in [6.07, 6.45) is 3.43. The van der Waals surface area contributed by atoms with Gasteiger partial charge in [0.15, 0.2) is 0 Å². The van der Waals surface area contributed by atoms with Crippen LogP contribution in [0.5, 0.6) is 5.75 Å². The van der Waals surface area contributed by atoms with Gasteiger partial charge in [-0.3, -0.25) is 5.10 Å². The van der Waals surface area contributed by atoms with Crippen LogP contribution < -0.4 is 10.1 Å². The second-order valence-electron chi connectivity index (χ2n) is 4.93. The first-order valence-electron chi connectivity index (χ1n) is 7.10. The van der Waals surface area contributed by atoms with Gasteiger partial charge in [0.05, 0.1) is 30.7 Å². The van der Waals surface area contributed by atoms with Crippen LogP contribution in [0.4, 0.5) is 11.8 Å². The lowest BCUT2D eigenvalue weighted by Gasteiger charge is -2.09. The van der Waals surface area contributed by atoms with Gasteiger partial charge in [-0.1, -0.05) is 12.1 Å². The lowest BCUT2D eigenvalue weighted by atomic mass is 10.1. The molecule has 7 heteroatoms. The number of benzene rings is 1. The molecular formula is C16H14N6O. The van der Waals surface area contributed by atoms with Gasteiger partial charge >= 0.3 is 0 Å². The summed E-state index contributed by atoms with van der Waals surface area (Å²) in [5, 5.41) is 14.3. The third-order valence-electron chi connectivity index (χ3n) is 3.53. The van der Waals surface area contributed by atoms with E-state index in [-0.39, 0.29) is 0 Å². The van der Waals surface area contributed by atoms with E-state index in [4.69, 9.17) is 4.74 Å². The molecule has 0 aliphatic rings. The Morgan fingerprint density at radius 3 is 2.87 bits per heavy atom. The van der Waals surface area contributed by atoms with Crippen molar-refractivity contribution >= 4 is 17.3 Å². The van der Waals surface area contributed by atoms with E-state index in [9.17, 15) is 0 Å². The van der Waals surface area contributed by atoms with Crippen LogP contribution in [0.15, 0.2) is 54.9 Å². The van der Waals surface area contributed by atoms with Crippen LogP contribution in [-0.2, 0) is 0 Å². The van der Waals surface area contributed by atoms with Crippen LogP contribution in [0, 0.1) is 0 Å². The Balaban J connectivity index is 1.81. The van der Waals surface area contributed by atoms with E-state index in [1.165, 1.54) is 0 Å². The van der Waals surface area contributed by atoms with E-state index in [1.807, 2.05) is 47.0 Å². The van der Waals surface area contributed by atoms with Crippen LogP contribution >= 0.6 is 0 Å². The summed E-state index contributed by atoms with van der Waals surface area (Å²) >= 11 is 0. The molecule has 0 aliphatic heterocycles. The molecule has 1 aromatic carbocycles. The summed E-state index contributed by atoms with van der Waals surface area (Å²) in [6, 6.07) is 13.6. The fourth-order valence-corrected chi connectivity index (χ4v) is 2.47.